The lowest BCUT2D eigenvalue weighted by molar-refractivity contribution is 0.0599. The van der Waals surface area contributed by atoms with E-state index in [2.05, 4.69) is 20.1 Å². The summed E-state index contributed by atoms with van der Waals surface area (Å²) >= 11 is 0. The van der Waals surface area contributed by atoms with Gasteiger partial charge in [0.1, 0.15) is 17.6 Å². The Bertz CT molecular complexity index is 908. The second-order valence-corrected chi connectivity index (χ2v) is 6.47. The smallest absolute Gasteiger partial charge is 0.226 e. The quantitative estimate of drug-likeness (QED) is 0.784. The average Bonchev–Trinajstić information content (AvgIpc) is 3.22. The Balaban J connectivity index is 1.62. The van der Waals surface area contributed by atoms with Gasteiger partial charge < -0.3 is 10.0 Å². The van der Waals surface area contributed by atoms with Crippen molar-refractivity contribution in [3.63, 3.8) is 0 Å². The number of aromatic nitrogens is 5. The number of benzene rings is 1. The van der Waals surface area contributed by atoms with Crippen LogP contribution in [0.3, 0.4) is 0 Å². The topological polar surface area (TPSA) is 80.0 Å². The standard InChI is InChI=1S/C18H20N6O/c1-13-5-3-4-6-14(13)18(25)8-10-24(11-18)17-19-9-7-15(22-17)16-20-12-21-23(16)2/h3-7,9,12,25H,8,10-11H2,1-2H3/t18-/m0/s1. The fraction of sp³-hybridized carbons (Fsp3) is 0.333. The molecule has 128 valence electrons. The third-order valence-electron chi connectivity index (χ3n) is 4.76. The first-order valence-corrected chi connectivity index (χ1v) is 8.28. The van der Waals surface area contributed by atoms with E-state index in [1.165, 1.54) is 6.33 Å². The first kappa shape index (κ1) is 15.7. The molecule has 7 nitrogen and oxygen atoms in total. The largest absolute Gasteiger partial charge is 0.383 e. The first-order valence-electron chi connectivity index (χ1n) is 8.28. The van der Waals surface area contributed by atoms with Gasteiger partial charge in [0, 0.05) is 19.8 Å². The van der Waals surface area contributed by atoms with Crippen molar-refractivity contribution in [1.29, 1.82) is 0 Å². The van der Waals surface area contributed by atoms with Gasteiger partial charge in [-0.05, 0) is 30.5 Å². The van der Waals surface area contributed by atoms with Crippen molar-refractivity contribution in [2.75, 3.05) is 18.0 Å². The van der Waals surface area contributed by atoms with E-state index >= 15 is 0 Å². The Labute approximate surface area is 146 Å². The van der Waals surface area contributed by atoms with Crippen LogP contribution in [0, 0.1) is 6.92 Å². The van der Waals surface area contributed by atoms with Gasteiger partial charge in [0.15, 0.2) is 5.82 Å². The van der Waals surface area contributed by atoms with Crippen LogP contribution in [0.15, 0.2) is 42.9 Å². The third-order valence-corrected chi connectivity index (χ3v) is 4.76. The van der Waals surface area contributed by atoms with Crippen LogP contribution < -0.4 is 4.90 Å². The molecule has 0 unspecified atom stereocenters. The Hall–Kier alpha value is -2.80. The summed E-state index contributed by atoms with van der Waals surface area (Å²) in [5, 5.41) is 15.2. The van der Waals surface area contributed by atoms with Crippen molar-refractivity contribution in [2.24, 2.45) is 7.05 Å². The fourth-order valence-corrected chi connectivity index (χ4v) is 3.43. The van der Waals surface area contributed by atoms with Gasteiger partial charge in [-0.2, -0.15) is 5.10 Å². The summed E-state index contributed by atoms with van der Waals surface area (Å²) in [6.45, 7) is 3.20. The second-order valence-electron chi connectivity index (χ2n) is 6.47. The Morgan fingerprint density at radius 2 is 2.00 bits per heavy atom. The molecule has 0 radical (unpaired) electrons. The highest BCUT2D eigenvalue weighted by Crippen LogP contribution is 2.35. The van der Waals surface area contributed by atoms with Crippen LogP contribution in [0.25, 0.3) is 11.5 Å². The molecule has 2 aromatic heterocycles. The fourth-order valence-electron chi connectivity index (χ4n) is 3.43. The molecule has 1 aliphatic heterocycles. The van der Waals surface area contributed by atoms with Crippen molar-refractivity contribution < 1.29 is 5.11 Å². The zero-order chi connectivity index (χ0) is 17.4. The molecule has 1 atom stereocenters. The van der Waals surface area contributed by atoms with Crippen LogP contribution in [0.1, 0.15) is 17.5 Å². The van der Waals surface area contributed by atoms with E-state index in [0.717, 1.165) is 16.8 Å². The molecular weight excluding hydrogens is 316 g/mol. The molecule has 0 bridgehead atoms. The van der Waals surface area contributed by atoms with E-state index in [4.69, 9.17) is 0 Å². The number of hydrogen-bond acceptors (Lipinski definition) is 6. The summed E-state index contributed by atoms with van der Waals surface area (Å²) < 4.78 is 1.68. The highest BCUT2D eigenvalue weighted by Gasteiger charge is 2.39. The lowest BCUT2D eigenvalue weighted by Crippen LogP contribution is -2.32. The van der Waals surface area contributed by atoms with Crippen molar-refractivity contribution in [3.05, 3.63) is 54.0 Å². The average molecular weight is 336 g/mol. The van der Waals surface area contributed by atoms with E-state index < -0.39 is 5.60 Å². The summed E-state index contributed by atoms with van der Waals surface area (Å²) in [5.74, 6) is 1.29. The van der Waals surface area contributed by atoms with Crippen LogP contribution in [0.5, 0.6) is 0 Å². The monoisotopic (exact) mass is 336 g/mol. The lowest BCUT2D eigenvalue weighted by atomic mass is 9.89. The van der Waals surface area contributed by atoms with E-state index in [9.17, 15) is 5.11 Å². The van der Waals surface area contributed by atoms with Crippen LogP contribution in [0.2, 0.25) is 0 Å². The molecule has 1 N–H and O–H groups in total. The highest BCUT2D eigenvalue weighted by molar-refractivity contribution is 5.52. The third kappa shape index (κ3) is 2.76. The molecule has 4 rings (SSSR count). The zero-order valence-corrected chi connectivity index (χ0v) is 14.3. The number of aryl methyl sites for hydroxylation is 2. The summed E-state index contributed by atoms with van der Waals surface area (Å²) in [5.41, 5.74) is 1.91. The molecule has 3 aromatic rings. The Morgan fingerprint density at radius 1 is 1.16 bits per heavy atom. The normalized spacial score (nSPS) is 20.2. The summed E-state index contributed by atoms with van der Waals surface area (Å²) in [7, 11) is 1.83. The van der Waals surface area contributed by atoms with Crippen LogP contribution in [-0.2, 0) is 12.6 Å². The maximum Gasteiger partial charge on any atom is 0.226 e. The van der Waals surface area contributed by atoms with E-state index in [0.29, 0.717) is 31.3 Å². The van der Waals surface area contributed by atoms with Gasteiger partial charge in [0.2, 0.25) is 5.95 Å². The highest BCUT2D eigenvalue weighted by atomic mass is 16.3. The Kier molecular flexibility index (Phi) is 3.73. The minimum absolute atomic E-state index is 0.472. The number of rotatable bonds is 3. The predicted octanol–water partition coefficient (Wildman–Crippen LogP) is 1.68. The lowest BCUT2D eigenvalue weighted by Gasteiger charge is -2.25. The molecule has 3 heterocycles. The van der Waals surface area contributed by atoms with Gasteiger partial charge in [-0.1, -0.05) is 24.3 Å². The first-order chi connectivity index (χ1) is 12.1. The molecule has 1 aromatic carbocycles. The van der Waals surface area contributed by atoms with Gasteiger partial charge in [-0.3, -0.25) is 0 Å². The van der Waals surface area contributed by atoms with E-state index in [-0.39, 0.29) is 0 Å². The van der Waals surface area contributed by atoms with Gasteiger partial charge in [0.05, 0.1) is 6.54 Å². The molecule has 1 fully saturated rings. The van der Waals surface area contributed by atoms with Gasteiger partial charge >= 0.3 is 0 Å². The van der Waals surface area contributed by atoms with Crippen molar-refractivity contribution in [1.82, 2.24) is 24.7 Å². The molecule has 0 saturated carbocycles. The molecule has 7 heteroatoms. The zero-order valence-electron chi connectivity index (χ0n) is 14.3. The molecule has 25 heavy (non-hydrogen) atoms. The molecule has 0 amide bonds. The van der Waals surface area contributed by atoms with E-state index in [1.54, 1.807) is 10.9 Å². The van der Waals surface area contributed by atoms with Crippen LogP contribution >= 0.6 is 0 Å². The van der Waals surface area contributed by atoms with Crippen molar-refractivity contribution in [3.8, 4) is 11.5 Å². The van der Waals surface area contributed by atoms with Crippen molar-refractivity contribution >= 4 is 5.95 Å². The van der Waals surface area contributed by atoms with Crippen LogP contribution in [-0.4, -0.2) is 42.9 Å². The molecule has 0 spiro atoms. The predicted molar refractivity (Wildman–Crippen MR) is 93.9 cm³/mol. The molecular formula is C18H20N6O. The summed E-state index contributed by atoms with van der Waals surface area (Å²) in [6.07, 6.45) is 3.87. The van der Waals surface area contributed by atoms with Gasteiger partial charge in [0.25, 0.3) is 0 Å². The number of hydrogen-bond donors (Lipinski definition) is 1. The molecule has 1 saturated heterocycles. The second kappa shape index (κ2) is 5.93. The van der Waals surface area contributed by atoms with Crippen molar-refractivity contribution in [2.45, 2.75) is 18.9 Å². The van der Waals surface area contributed by atoms with Crippen LogP contribution in [0.4, 0.5) is 5.95 Å². The van der Waals surface area contributed by atoms with E-state index in [1.807, 2.05) is 49.2 Å². The number of nitrogens with zero attached hydrogens (tertiary/aromatic N) is 6. The summed E-state index contributed by atoms with van der Waals surface area (Å²) in [6, 6.07) is 9.80. The molecule has 0 aliphatic carbocycles. The minimum Gasteiger partial charge on any atom is -0.383 e. The maximum atomic E-state index is 11.1. The van der Waals surface area contributed by atoms with Gasteiger partial charge in [-0.25, -0.2) is 19.6 Å². The number of β-amino-alcohol motifs (C(OH)–C–C–N with tert-alkyl or cyclic N) is 1. The number of anilines is 1. The maximum absolute atomic E-state index is 11.1. The molecule has 1 aliphatic rings. The SMILES string of the molecule is Cc1ccccc1[C@]1(O)CCN(c2nccc(-c3ncnn3C)n2)C1. The summed E-state index contributed by atoms with van der Waals surface area (Å²) in [4.78, 5) is 15.3. The minimum atomic E-state index is -0.879. The number of aliphatic hydroxyl groups is 1. The Morgan fingerprint density at radius 3 is 2.76 bits per heavy atom. The van der Waals surface area contributed by atoms with Gasteiger partial charge in [-0.15, -0.1) is 0 Å².